The molecule has 3 aromatic rings. The molecule has 2 unspecified atom stereocenters. The van der Waals surface area contributed by atoms with E-state index in [0.29, 0.717) is 42.2 Å². The molecule has 216 valence electrons. The van der Waals surface area contributed by atoms with Gasteiger partial charge in [-0.1, -0.05) is 17.7 Å². The van der Waals surface area contributed by atoms with Crippen LogP contribution in [0.1, 0.15) is 57.0 Å². The van der Waals surface area contributed by atoms with Crippen molar-refractivity contribution in [3.63, 3.8) is 0 Å². The molecule has 1 aromatic carbocycles. The number of ether oxygens (including phenoxy) is 1. The molecule has 2 aromatic heterocycles. The number of fused-ring (bicyclic) bond motifs is 1. The van der Waals surface area contributed by atoms with Crippen molar-refractivity contribution in [1.29, 1.82) is 0 Å². The molecule has 0 N–H and O–H groups in total. The molecular formula is C28H33Cl2F3N6O. The van der Waals surface area contributed by atoms with Gasteiger partial charge >= 0.3 is 0 Å². The summed E-state index contributed by atoms with van der Waals surface area (Å²) in [6.45, 7) is 8.64. The second kappa shape index (κ2) is 10.6. The van der Waals surface area contributed by atoms with Crippen LogP contribution >= 0.6 is 23.2 Å². The van der Waals surface area contributed by atoms with Crippen LogP contribution in [0.2, 0.25) is 10.3 Å². The maximum atomic E-state index is 14.5. The zero-order chi connectivity index (χ0) is 28.3. The van der Waals surface area contributed by atoms with E-state index in [-0.39, 0.29) is 53.3 Å². The first-order valence-corrected chi connectivity index (χ1v) is 14.6. The summed E-state index contributed by atoms with van der Waals surface area (Å²) in [6.07, 6.45) is 1.72. The highest BCUT2D eigenvalue weighted by Gasteiger charge is 2.51. The van der Waals surface area contributed by atoms with Crippen LogP contribution in [-0.4, -0.2) is 68.2 Å². The van der Waals surface area contributed by atoms with Crippen LogP contribution in [0.5, 0.6) is 0 Å². The van der Waals surface area contributed by atoms with E-state index in [0.717, 1.165) is 25.3 Å². The summed E-state index contributed by atoms with van der Waals surface area (Å²) in [7, 11) is 0. The average molecular weight is 598 g/mol. The van der Waals surface area contributed by atoms with Gasteiger partial charge in [-0.15, -0.1) is 0 Å². The molecule has 4 atom stereocenters. The van der Waals surface area contributed by atoms with Gasteiger partial charge in [0.2, 0.25) is 11.2 Å². The maximum absolute atomic E-state index is 14.5. The van der Waals surface area contributed by atoms with Crippen molar-refractivity contribution < 1.29 is 17.9 Å². The second-order valence-corrected chi connectivity index (χ2v) is 12.3. The molecule has 2 aliphatic heterocycles. The third-order valence-corrected chi connectivity index (χ3v) is 9.14. The largest absolute Gasteiger partial charge is 0.376 e. The normalized spacial score (nSPS) is 26.4. The van der Waals surface area contributed by atoms with Gasteiger partial charge in [0.05, 0.1) is 17.7 Å². The first-order valence-electron chi connectivity index (χ1n) is 13.9. The number of aromatic nitrogens is 4. The number of anilines is 1. The smallest absolute Gasteiger partial charge is 0.248 e. The zero-order valence-corrected chi connectivity index (χ0v) is 24.3. The Kier molecular flexibility index (Phi) is 7.42. The third kappa shape index (κ3) is 5.16. The van der Waals surface area contributed by atoms with Crippen molar-refractivity contribution in [3.05, 3.63) is 45.7 Å². The first-order chi connectivity index (χ1) is 19.0. The van der Waals surface area contributed by atoms with E-state index in [9.17, 15) is 13.2 Å². The molecule has 0 amide bonds. The van der Waals surface area contributed by atoms with Crippen LogP contribution in [-0.2, 0) is 11.3 Å². The fourth-order valence-corrected chi connectivity index (χ4v) is 6.96. The van der Waals surface area contributed by atoms with Gasteiger partial charge in [-0.05, 0) is 68.8 Å². The molecule has 2 saturated heterocycles. The number of rotatable bonds is 6. The van der Waals surface area contributed by atoms with Crippen molar-refractivity contribution >= 4 is 40.2 Å². The summed E-state index contributed by atoms with van der Waals surface area (Å²) >= 11 is 12.4. The van der Waals surface area contributed by atoms with Gasteiger partial charge in [0.25, 0.3) is 0 Å². The highest BCUT2D eigenvalue weighted by molar-refractivity contribution is 6.30. The number of alkyl halides is 2. The molecule has 12 heteroatoms. The van der Waals surface area contributed by atoms with Crippen LogP contribution in [0, 0.1) is 18.7 Å². The van der Waals surface area contributed by atoms with Gasteiger partial charge < -0.3 is 14.2 Å². The standard InChI is InChI=1S/C28H33Cl2F3N6O/c1-15-13-38(25-23-26(36-27(30)35-25)39(17(3)34-23)14-20-5-4-8-40-20)16(2)12-37(15)24(19-10-28(32,33)11-19)18-6-7-21(29)22(31)9-18/h6-7,9,15-16,19-20,24H,4-5,8,10-14H2,1-3H3/t15-,16+,20?,24?/m1/s1. The number of benzene rings is 1. The fourth-order valence-electron chi connectivity index (χ4n) is 6.68. The lowest BCUT2D eigenvalue weighted by Crippen LogP contribution is -2.59. The van der Waals surface area contributed by atoms with Gasteiger partial charge in [0.15, 0.2) is 17.0 Å². The Balaban J connectivity index is 1.31. The molecule has 1 saturated carbocycles. The monoisotopic (exact) mass is 596 g/mol. The highest BCUT2D eigenvalue weighted by Crippen LogP contribution is 2.51. The molecule has 0 radical (unpaired) electrons. The van der Waals surface area contributed by atoms with E-state index >= 15 is 0 Å². The van der Waals surface area contributed by atoms with Gasteiger partial charge in [0, 0.05) is 50.7 Å². The minimum atomic E-state index is -2.69. The molecule has 40 heavy (non-hydrogen) atoms. The molecule has 3 fully saturated rings. The summed E-state index contributed by atoms with van der Waals surface area (Å²) in [5.74, 6) is -2.03. The predicted molar refractivity (Wildman–Crippen MR) is 149 cm³/mol. The van der Waals surface area contributed by atoms with E-state index in [1.165, 1.54) is 12.1 Å². The summed E-state index contributed by atoms with van der Waals surface area (Å²) in [5, 5.41) is 0.163. The van der Waals surface area contributed by atoms with Crippen LogP contribution in [0.15, 0.2) is 18.2 Å². The number of aryl methyl sites for hydroxylation is 1. The van der Waals surface area contributed by atoms with Crippen molar-refractivity contribution in [2.45, 2.75) is 83.2 Å². The Labute approximate surface area is 241 Å². The Hall–Kier alpha value is -2.14. The maximum Gasteiger partial charge on any atom is 0.248 e. The Bertz CT molecular complexity index is 1410. The second-order valence-electron chi connectivity index (χ2n) is 11.6. The first kappa shape index (κ1) is 28.0. The fraction of sp³-hybridized carbons (Fsp3) is 0.607. The molecule has 7 nitrogen and oxygen atoms in total. The number of hydrogen-bond donors (Lipinski definition) is 0. The summed E-state index contributed by atoms with van der Waals surface area (Å²) < 4.78 is 50.4. The van der Waals surface area contributed by atoms with Crippen molar-refractivity contribution in [2.24, 2.45) is 5.92 Å². The number of piperazine rings is 1. The lowest BCUT2D eigenvalue weighted by molar-refractivity contribution is -0.137. The summed E-state index contributed by atoms with van der Waals surface area (Å²) in [6, 6.07) is 4.21. The molecule has 1 aliphatic carbocycles. The van der Waals surface area contributed by atoms with Crippen LogP contribution in [0.3, 0.4) is 0 Å². The molecule has 0 spiro atoms. The van der Waals surface area contributed by atoms with Crippen molar-refractivity contribution in [1.82, 2.24) is 24.4 Å². The van der Waals surface area contributed by atoms with Gasteiger partial charge in [-0.25, -0.2) is 18.2 Å². The van der Waals surface area contributed by atoms with E-state index in [1.807, 2.05) is 6.92 Å². The lowest BCUT2D eigenvalue weighted by atomic mass is 9.73. The van der Waals surface area contributed by atoms with Crippen LogP contribution < -0.4 is 4.90 Å². The number of hydrogen-bond acceptors (Lipinski definition) is 6. The molecule has 0 bridgehead atoms. The molecule has 3 aliphatic rings. The molecular weight excluding hydrogens is 564 g/mol. The van der Waals surface area contributed by atoms with Crippen LogP contribution in [0.4, 0.5) is 19.0 Å². The SMILES string of the molecule is Cc1nc2c(N3C[C@@H](C)N(C(c4ccc(Cl)c(F)c4)C4CC(F)(F)C4)C[C@@H]3C)nc(Cl)nc2n1CC1CCCO1. The van der Waals surface area contributed by atoms with Crippen molar-refractivity contribution in [3.8, 4) is 0 Å². The van der Waals surface area contributed by atoms with Gasteiger partial charge in [-0.3, -0.25) is 4.90 Å². The summed E-state index contributed by atoms with van der Waals surface area (Å²) in [5.41, 5.74) is 2.03. The molecule has 6 rings (SSSR count). The van der Waals surface area contributed by atoms with E-state index < -0.39 is 11.7 Å². The number of halogens is 5. The Morgan fingerprint density at radius 3 is 2.55 bits per heavy atom. The highest BCUT2D eigenvalue weighted by atomic mass is 35.5. The number of imidazole rings is 1. The zero-order valence-electron chi connectivity index (χ0n) is 22.8. The van der Waals surface area contributed by atoms with Crippen molar-refractivity contribution in [2.75, 3.05) is 24.6 Å². The topological polar surface area (TPSA) is 59.3 Å². The molecule has 4 heterocycles. The van der Waals surface area contributed by atoms with E-state index in [4.69, 9.17) is 32.9 Å². The Morgan fingerprint density at radius 2 is 1.88 bits per heavy atom. The van der Waals surface area contributed by atoms with E-state index in [1.54, 1.807) is 6.07 Å². The minimum absolute atomic E-state index is 0.0200. The predicted octanol–water partition coefficient (Wildman–Crippen LogP) is 6.45. The Morgan fingerprint density at radius 1 is 1.10 bits per heavy atom. The van der Waals surface area contributed by atoms with Crippen LogP contribution in [0.25, 0.3) is 11.2 Å². The quantitative estimate of drug-likeness (QED) is 0.305. The number of nitrogens with zero attached hydrogens (tertiary/aromatic N) is 6. The average Bonchev–Trinajstić information content (AvgIpc) is 3.50. The summed E-state index contributed by atoms with van der Waals surface area (Å²) in [4.78, 5) is 18.4. The van der Waals surface area contributed by atoms with Gasteiger partial charge in [0.1, 0.15) is 11.6 Å². The third-order valence-electron chi connectivity index (χ3n) is 8.67. The van der Waals surface area contributed by atoms with E-state index in [2.05, 4.69) is 38.2 Å². The minimum Gasteiger partial charge on any atom is -0.376 e. The lowest BCUT2D eigenvalue weighted by Gasteiger charge is -2.52. The van der Waals surface area contributed by atoms with Gasteiger partial charge in [-0.2, -0.15) is 9.97 Å².